The Labute approximate surface area is 107 Å². The van der Waals surface area contributed by atoms with Gasteiger partial charge >= 0.3 is 0 Å². The van der Waals surface area contributed by atoms with Gasteiger partial charge in [-0.3, -0.25) is 0 Å². The van der Waals surface area contributed by atoms with E-state index in [0.717, 1.165) is 18.8 Å². The van der Waals surface area contributed by atoms with Crippen LogP contribution in [-0.2, 0) is 0 Å². The lowest BCUT2D eigenvalue weighted by Gasteiger charge is -2.17. The average molecular weight is 240 g/mol. The predicted octanol–water partition coefficient (Wildman–Crippen LogP) is 2.01. The fraction of sp³-hybridized carbons (Fsp3) is 0.267. The molecule has 0 radical (unpaired) electrons. The molecule has 2 N–H and O–H groups in total. The lowest BCUT2D eigenvalue weighted by atomic mass is 10.2. The van der Waals surface area contributed by atoms with Crippen molar-refractivity contribution < 1.29 is 4.57 Å². The highest BCUT2D eigenvalue weighted by Crippen LogP contribution is 2.24. The highest BCUT2D eigenvalue weighted by atomic mass is 15.2. The molecule has 0 saturated carbocycles. The summed E-state index contributed by atoms with van der Waals surface area (Å²) in [5.74, 6) is 0. The molecule has 3 nitrogen and oxygen atoms in total. The summed E-state index contributed by atoms with van der Waals surface area (Å²) in [4.78, 5) is 2.42. The van der Waals surface area contributed by atoms with Crippen LogP contribution < -0.4 is 15.2 Å². The van der Waals surface area contributed by atoms with Crippen molar-refractivity contribution in [2.45, 2.75) is 12.5 Å². The fourth-order valence-corrected chi connectivity index (χ4v) is 2.56. The molecule has 1 saturated heterocycles. The number of nitrogens with two attached hydrogens (primary N) is 1. The van der Waals surface area contributed by atoms with Gasteiger partial charge in [0.25, 0.3) is 0 Å². The maximum absolute atomic E-state index is 5.72. The van der Waals surface area contributed by atoms with E-state index in [0.29, 0.717) is 6.04 Å². The molecule has 0 amide bonds. The number of hydrogen-bond donors (Lipinski definition) is 1. The molecule has 1 aromatic carbocycles. The average Bonchev–Trinajstić information content (AvgIpc) is 2.90. The Morgan fingerprint density at radius 1 is 1.06 bits per heavy atom. The minimum absolute atomic E-state index is 0.573. The first kappa shape index (κ1) is 11.1. The molecule has 3 heteroatoms. The fourth-order valence-electron chi connectivity index (χ4n) is 2.56. The van der Waals surface area contributed by atoms with E-state index in [1.165, 1.54) is 12.1 Å². The first-order chi connectivity index (χ1) is 8.83. The zero-order valence-corrected chi connectivity index (χ0v) is 10.4. The first-order valence-electron chi connectivity index (χ1n) is 6.39. The van der Waals surface area contributed by atoms with Crippen molar-refractivity contribution >= 4 is 11.4 Å². The van der Waals surface area contributed by atoms with Crippen LogP contribution in [0.5, 0.6) is 0 Å². The molecule has 0 bridgehead atoms. The summed E-state index contributed by atoms with van der Waals surface area (Å²) in [6, 6.07) is 15.0. The van der Waals surface area contributed by atoms with Crippen LogP contribution in [-0.4, -0.2) is 13.1 Å². The van der Waals surface area contributed by atoms with E-state index in [1.54, 1.807) is 0 Å². The summed E-state index contributed by atoms with van der Waals surface area (Å²) in [7, 11) is 0. The Kier molecular flexibility index (Phi) is 2.89. The molecule has 1 aliphatic heterocycles. The predicted molar refractivity (Wildman–Crippen MR) is 73.4 cm³/mol. The van der Waals surface area contributed by atoms with Gasteiger partial charge in [0.05, 0.1) is 6.54 Å². The third kappa shape index (κ3) is 2.16. The highest BCUT2D eigenvalue weighted by Gasteiger charge is 2.28. The number of benzene rings is 1. The minimum Gasteiger partial charge on any atom is -0.399 e. The van der Waals surface area contributed by atoms with Crippen LogP contribution in [0.25, 0.3) is 0 Å². The van der Waals surface area contributed by atoms with Gasteiger partial charge in [-0.25, -0.2) is 4.57 Å². The number of nitrogen functional groups attached to an aromatic ring is 1. The van der Waals surface area contributed by atoms with Gasteiger partial charge in [-0.2, -0.15) is 0 Å². The molecule has 0 aliphatic carbocycles. The summed E-state index contributed by atoms with van der Waals surface area (Å²) < 4.78 is 2.30. The van der Waals surface area contributed by atoms with Gasteiger partial charge in [0.2, 0.25) is 0 Å². The minimum atomic E-state index is 0.573. The Morgan fingerprint density at radius 2 is 1.78 bits per heavy atom. The molecule has 1 aliphatic rings. The van der Waals surface area contributed by atoms with Crippen LogP contribution in [0.3, 0.4) is 0 Å². The lowest BCUT2D eigenvalue weighted by Crippen LogP contribution is -2.40. The van der Waals surface area contributed by atoms with Crippen LogP contribution >= 0.6 is 0 Å². The molecular formula is C15H18N3+. The Hall–Kier alpha value is -2.03. The molecule has 1 fully saturated rings. The quantitative estimate of drug-likeness (QED) is 0.643. The second kappa shape index (κ2) is 4.69. The normalized spacial score (nSPS) is 19.1. The molecule has 1 unspecified atom stereocenters. The summed E-state index contributed by atoms with van der Waals surface area (Å²) >= 11 is 0. The standard InChI is InChI=1S/C15H18N3/c16-13-4-6-14(7-5-13)18-11-8-15(12-18)17-9-2-1-3-10-17/h1-7,9-10,15H,8,11-12,16H2/q+1. The van der Waals surface area contributed by atoms with E-state index >= 15 is 0 Å². The second-order valence-corrected chi connectivity index (χ2v) is 4.80. The summed E-state index contributed by atoms with van der Waals surface area (Å²) in [6.45, 7) is 2.18. The number of hydrogen-bond acceptors (Lipinski definition) is 2. The number of pyridine rings is 1. The van der Waals surface area contributed by atoms with Gasteiger partial charge < -0.3 is 10.6 Å². The summed E-state index contributed by atoms with van der Waals surface area (Å²) in [6.07, 6.45) is 5.49. The zero-order chi connectivity index (χ0) is 12.4. The van der Waals surface area contributed by atoms with Crippen LogP contribution in [0.4, 0.5) is 11.4 Å². The van der Waals surface area contributed by atoms with Crippen molar-refractivity contribution in [3.05, 3.63) is 54.9 Å². The van der Waals surface area contributed by atoms with Crippen LogP contribution in [0.2, 0.25) is 0 Å². The molecular weight excluding hydrogens is 222 g/mol. The molecule has 0 spiro atoms. The SMILES string of the molecule is Nc1ccc(N2CCC([n+]3ccccc3)C2)cc1. The molecule has 1 aromatic heterocycles. The number of anilines is 2. The molecule has 2 heterocycles. The second-order valence-electron chi connectivity index (χ2n) is 4.80. The van der Waals surface area contributed by atoms with Crippen LogP contribution in [0.1, 0.15) is 12.5 Å². The van der Waals surface area contributed by atoms with E-state index in [2.05, 4.69) is 52.2 Å². The van der Waals surface area contributed by atoms with E-state index < -0.39 is 0 Å². The number of rotatable bonds is 2. The van der Waals surface area contributed by atoms with Gasteiger partial charge in [0.1, 0.15) is 0 Å². The van der Waals surface area contributed by atoms with Crippen molar-refractivity contribution in [2.75, 3.05) is 23.7 Å². The van der Waals surface area contributed by atoms with Gasteiger partial charge in [0.15, 0.2) is 18.4 Å². The Morgan fingerprint density at radius 3 is 2.50 bits per heavy atom. The largest absolute Gasteiger partial charge is 0.399 e. The smallest absolute Gasteiger partial charge is 0.177 e. The lowest BCUT2D eigenvalue weighted by molar-refractivity contribution is -0.718. The van der Waals surface area contributed by atoms with Crippen molar-refractivity contribution in [1.82, 2.24) is 0 Å². The molecule has 3 rings (SSSR count). The third-order valence-electron chi connectivity index (χ3n) is 3.58. The summed E-state index contributed by atoms with van der Waals surface area (Å²) in [5, 5.41) is 0. The Bertz CT molecular complexity index is 507. The maximum Gasteiger partial charge on any atom is 0.177 e. The van der Waals surface area contributed by atoms with E-state index in [9.17, 15) is 0 Å². The first-order valence-corrected chi connectivity index (χ1v) is 6.39. The van der Waals surface area contributed by atoms with Crippen molar-refractivity contribution in [3.8, 4) is 0 Å². The van der Waals surface area contributed by atoms with Gasteiger partial charge in [0, 0.05) is 36.5 Å². The van der Waals surface area contributed by atoms with Crippen molar-refractivity contribution in [1.29, 1.82) is 0 Å². The van der Waals surface area contributed by atoms with E-state index in [-0.39, 0.29) is 0 Å². The Balaban J connectivity index is 1.74. The topological polar surface area (TPSA) is 33.1 Å². The molecule has 1 atom stereocenters. The number of aromatic nitrogens is 1. The van der Waals surface area contributed by atoms with Crippen molar-refractivity contribution in [3.63, 3.8) is 0 Å². The zero-order valence-electron chi connectivity index (χ0n) is 10.4. The van der Waals surface area contributed by atoms with E-state index in [4.69, 9.17) is 5.73 Å². The third-order valence-corrected chi connectivity index (χ3v) is 3.58. The summed E-state index contributed by atoms with van der Waals surface area (Å²) in [5.41, 5.74) is 7.81. The van der Waals surface area contributed by atoms with E-state index in [1.807, 2.05) is 12.1 Å². The highest BCUT2D eigenvalue weighted by molar-refractivity contribution is 5.53. The van der Waals surface area contributed by atoms with Crippen LogP contribution in [0, 0.1) is 0 Å². The maximum atomic E-state index is 5.72. The number of nitrogens with zero attached hydrogens (tertiary/aromatic N) is 2. The molecule has 2 aromatic rings. The van der Waals surface area contributed by atoms with Gasteiger partial charge in [-0.1, -0.05) is 6.07 Å². The molecule has 18 heavy (non-hydrogen) atoms. The van der Waals surface area contributed by atoms with Crippen LogP contribution in [0.15, 0.2) is 54.9 Å². The van der Waals surface area contributed by atoms with Gasteiger partial charge in [-0.05, 0) is 24.3 Å². The monoisotopic (exact) mass is 240 g/mol. The molecule has 92 valence electrons. The van der Waals surface area contributed by atoms with Crippen molar-refractivity contribution in [2.24, 2.45) is 0 Å². The van der Waals surface area contributed by atoms with Gasteiger partial charge in [-0.15, -0.1) is 0 Å².